The number of ether oxygens (including phenoxy) is 3. The number of carbonyl (C=O) groups is 2. The molecule has 1 aromatic rings. The summed E-state index contributed by atoms with van der Waals surface area (Å²) < 4.78 is 16.1. The van der Waals surface area contributed by atoms with Crippen LogP contribution < -0.4 is 9.47 Å². The molecule has 2 aliphatic heterocycles. The fraction of sp³-hybridized carbons (Fsp3) is 0.500. The predicted octanol–water partition coefficient (Wildman–Crippen LogP) is 2.41. The number of esters is 1. The van der Waals surface area contributed by atoms with Gasteiger partial charge in [-0.1, -0.05) is 6.08 Å². The molecule has 6 nitrogen and oxygen atoms in total. The number of rotatable bonds is 3. The Morgan fingerprint density at radius 1 is 1.19 bits per heavy atom. The molecule has 1 saturated heterocycles. The van der Waals surface area contributed by atoms with E-state index in [1.54, 1.807) is 14.2 Å². The summed E-state index contributed by atoms with van der Waals surface area (Å²) >= 11 is 0. The van der Waals surface area contributed by atoms with Gasteiger partial charge in [0.1, 0.15) is 5.41 Å². The van der Waals surface area contributed by atoms with Crippen LogP contribution in [0.5, 0.6) is 11.5 Å². The second-order valence-corrected chi connectivity index (χ2v) is 7.03. The van der Waals surface area contributed by atoms with E-state index in [1.807, 2.05) is 23.1 Å². The van der Waals surface area contributed by atoms with Gasteiger partial charge < -0.3 is 19.1 Å². The third-order valence-corrected chi connectivity index (χ3v) is 5.99. The molecule has 1 amide bonds. The summed E-state index contributed by atoms with van der Waals surface area (Å²) in [6, 6.07) is 3.53. The van der Waals surface area contributed by atoms with E-state index >= 15 is 0 Å². The van der Waals surface area contributed by atoms with Crippen molar-refractivity contribution in [3.63, 3.8) is 0 Å². The molecule has 0 N–H and O–H groups in total. The zero-order valence-electron chi connectivity index (χ0n) is 15.3. The van der Waals surface area contributed by atoms with E-state index in [9.17, 15) is 9.59 Å². The van der Waals surface area contributed by atoms with Crippen molar-refractivity contribution in [3.8, 4) is 11.5 Å². The number of benzene rings is 1. The van der Waals surface area contributed by atoms with E-state index in [4.69, 9.17) is 14.2 Å². The molecule has 1 aromatic carbocycles. The number of carbonyl (C=O) groups excluding carboxylic acids is 2. The summed E-state index contributed by atoms with van der Waals surface area (Å²) in [6.07, 6.45) is 4.95. The molecule has 0 spiro atoms. The molecule has 6 heteroatoms. The Labute approximate surface area is 152 Å². The second kappa shape index (κ2) is 6.04. The summed E-state index contributed by atoms with van der Waals surface area (Å²) in [6.45, 7) is 0.585. The van der Waals surface area contributed by atoms with Gasteiger partial charge in [-0.3, -0.25) is 9.59 Å². The SMILES string of the molecule is COC(=O)[C@]12CCCC=C1C(=O)N1CCc3cc(OC)c(OC)cc3[C@H]12. The lowest BCUT2D eigenvalue weighted by molar-refractivity contribution is -0.153. The number of fused-ring (bicyclic) bond motifs is 5. The third kappa shape index (κ3) is 2.04. The van der Waals surface area contributed by atoms with Gasteiger partial charge in [-0.25, -0.2) is 0 Å². The monoisotopic (exact) mass is 357 g/mol. The van der Waals surface area contributed by atoms with Crippen LogP contribution in [0.25, 0.3) is 0 Å². The molecule has 0 bridgehead atoms. The number of hydrogen-bond donors (Lipinski definition) is 0. The minimum Gasteiger partial charge on any atom is -0.493 e. The molecule has 1 aliphatic carbocycles. The molecule has 0 radical (unpaired) electrons. The smallest absolute Gasteiger partial charge is 0.318 e. The van der Waals surface area contributed by atoms with E-state index in [0.29, 0.717) is 30.0 Å². The Hall–Kier alpha value is -2.50. The summed E-state index contributed by atoms with van der Waals surface area (Å²) in [5.41, 5.74) is 1.71. The number of hydrogen-bond acceptors (Lipinski definition) is 5. The topological polar surface area (TPSA) is 65.1 Å². The average Bonchev–Trinajstić information content (AvgIpc) is 2.96. The molecular formula is C20H23NO5. The highest BCUT2D eigenvalue weighted by atomic mass is 16.5. The third-order valence-electron chi connectivity index (χ3n) is 5.99. The standard InChI is InChI=1S/C20H23NO5/c1-24-15-10-12-7-9-21-17(13(12)11-16(15)25-2)20(19(23)26-3)8-5-4-6-14(20)18(21)22/h6,10-11,17H,4-5,7-9H2,1-3H3/t17-,20+/m0/s1. The van der Waals surface area contributed by atoms with E-state index in [2.05, 4.69) is 0 Å². The van der Waals surface area contributed by atoms with Crippen LogP contribution in [-0.2, 0) is 20.7 Å². The molecule has 0 aromatic heterocycles. The second-order valence-electron chi connectivity index (χ2n) is 7.03. The van der Waals surface area contributed by atoms with Crippen LogP contribution in [0, 0.1) is 5.41 Å². The molecule has 2 heterocycles. The average molecular weight is 357 g/mol. The summed E-state index contributed by atoms with van der Waals surface area (Å²) in [7, 11) is 4.60. The minimum atomic E-state index is -0.932. The van der Waals surface area contributed by atoms with Gasteiger partial charge in [-0.05, 0) is 48.9 Å². The van der Waals surface area contributed by atoms with Crippen LogP contribution in [0.1, 0.15) is 36.4 Å². The first kappa shape index (κ1) is 16.9. The Bertz CT molecular complexity index is 815. The van der Waals surface area contributed by atoms with Crippen LogP contribution >= 0.6 is 0 Å². The molecule has 26 heavy (non-hydrogen) atoms. The lowest BCUT2D eigenvalue weighted by Crippen LogP contribution is -2.43. The van der Waals surface area contributed by atoms with Crippen LogP contribution in [0.15, 0.2) is 23.8 Å². The first-order valence-electron chi connectivity index (χ1n) is 8.93. The van der Waals surface area contributed by atoms with Gasteiger partial charge in [-0.15, -0.1) is 0 Å². The maximum Gasteiger partial charge on any atom is 0.318 e. The minimum absolute atomic E-state index is 0.0412. The highest BCUT2D eigenvalue weighted by Gasteiger charge is 2.62. The largest absolute Gasteiger partial charge is 0.493 e. The normalized spacial score (nSPS) is 26.4. The van der Waals surface area contributed by atoms with Gasteiger partial charge in [0.05, 0.1) is 27.4 Å². The molecule has 138 valence electrons. The lowest BCUT2D eigenvalue weighted by atomic mass is 9.67. The van der Waals surface area contributed by atoms with Crippen LogP contribution in [0.3, 0.4) is 0 Å². The highest BCUT2D eigenvalue weighted by molar-refractivity contribution is 6.06. The Balaban J connectivity index is 1.95. The highest BCUT2D eigenvalue weighted by Crippen LogP contribution is 2.59. The van der Waals surface area contributed by atoms with Gasteiger partial charge in [0.15, 0.2) is 11.5 Å². The van der Waals surface area contributed by atoms with Crippen LogP contribution in [-0.4, -0.2) is 44.7 Å². The van der Waals surface area contributed by atoms with Gasteiger partial charge in [0.2, 0.25) is 0 Å². The van der Waals surface area contributed by atoms with E-state index < -0.39 is 5.41 Å². The van der Waals surface area contributed by atoms with Crippen molar-refractivity contribution < 1.29 is 23.8 Å². The van der Waals surface area contributed by atoms with Crippen LogP contribution in [0.2, 0.25) is 0 Å². The first-order chi connectivity index (χ1) is 12.6. The molecule has 4 rings (SSSR count). The molecule has 1 fully saturated rings. The Morgan fingerprint density at radius 2 is 1.92 bits per heavy atom. The summed E-state index contributed by atoms with van der Waals surface area (Å²) in [5, 5.41) is 0. The Morgan fingerprint density at radius 3 is 2.62 bits per heavy atom. The van der Waals surface area contributed by atoms with Gasteiger partial charge in [-0.2, -0.15) is 0 Å². The van der Waals surface area contributed by atoms with Crippen molar-refractivity contribution in [1.82, 2.24) is 4.90 Å². The van der Waals surface area contributed by atoms with Crippen molar-refractivity contribution in [2.45, 2.75) is 31.7 Å². The van der Waals surface area contributed by atoms with Gasteiger partial charge in [0.25, 0.3) is 5.91 Å². The molecule has 3 aliphatic rings. The molecule has 0 saturated carbocycles. The van der Waals surface area contributed by atoms with Crippen LogP contribution in [0.4, 0.5) is 0 Å². The van der Waals surface area contributed by atoms with Crippen molar-refractivity contribution in [2.24, 2.45) is 5.41 Å². The van der Waals surface area contributed by atoms with Crippen molar-refractivity contribution >= 4 is 11.9 Å². The summed E-state index contributed by atoms with van der Waals surface area (Å²) in [4.78, 5) is 27.9. The van der Waals surface area contributed by atoms with E-state index in [0.717, 1.165) is 30.4 Å². The number of nitrogens with zero attached hydrogens (tertiary/aromatic N) is 1. The van der Waals surface area contributed by atoms with E-state index in [1.165, 1.54) is 7.11 Å². The number of methoxy groups -OCH3 is 3. The quantitative estimate of drug-likeness (QED) is 0.778. The maximum absolute atomic E-state index is 13.1. The fourth-order valence-corrected chi connectivity index (χ4v) is 4.86. The van der Waals surface area contributed by atoms with Gasteiger partial charge >= 0.3 is 5.97 Å². The zero-order valence-corrected chi connectivity index (χ0v) is 15.3. The summed E-state index contributed by atoms with van der Waals surface area (Å²) in [5.74, 6) is 0.900. The molecule has 0 unspecified atom stereocenters. The van der Waals surface area contributed by atoms with Crippen molar-refractivity contribution in [1.29, 1.82) is 0 Å². The first-order valence-corrected chi connectivity index (χ1v) is 8.93. The lowest BCUT2D eigenvalue weighted by Gasteiger charge is -2.40. The molecular weight excluding hydrogens is 334 g/mol. The van der Waals surface area contributed by atoms with E-state index in [-0.39, 0.29) is 17.9 Å². The predicted molar refractivity (Wildman–Crippen MR) is 94.1 cm³/mol. The number of allylic oxidation sites excluding steroid dienone is 1. The maximum atomic E-state index is 13.1. The molecule has 2 atom stereocenters. The zero-order chi connectivity index (χ0) is 18.5. The number of amides is 1. The Kier molecular flexibility index (Phi) is 3.93. The van der Waals surface area contributed by atoms with Crippen molar-refractivity contribution in [2.75, 3.05) is 27.9 Å². The fourth-order valence-electron chi connectivity index (χ4n) is 4.86. The van der Waals surface area contributed by atoms with Gasteiger partial charge in [0, 0.05) is 12.1 Å². The van der Waals surface area contributed by atoms with Crippen molar-refractivity contribution in [3.05, 3.63) is 34.9 Å².